The van der Waals surface area contributed by atoms with Gasteiger partial charge in [-0.2, -0.15) is 0 Å². The van der Waals surface area contributed by atoms with Crippen LogP contribution >= 0.6 is 11.3 Å². The first-order valence-electron chi connectivity index (χ1n) is 8.52. The minimum absolute atomic E-state index is 0.145. The smallest absolute Gasteiger partial charge is 0.341 e. The minimum atomic E-state index is -0.394. The summed E-state index contributed by atoms with van der Waals surface area (Å²) in [7, 11) is 1.97. The number of carbonyl (C=O) groups excluding carboxylic acids is 2. The van der Waals surface area contributed by atoms with E-state index in [0.29, 0.717) is 17.2 Å². The number of nitrogens with one attached hydrogen (secondary N) is 1. The molecule has 0 saturated carbocycles. The van der Waals surface area contributed by atoms with Crippen molar-refractivity contribution < 1.29 is 14.3 Å². The molecule has 1 aromatic carbocycles. The van der Waals surface area contributed by atoms with Gasteiger partial charge in [0.05, 0.1) is 18.6 Å². The van der Waals surface area contributed by atoms with Crippen LogP contribution in [0.4, 0.5) is 5.00 Å². The molecule has 0 spiro atoms. The second-order valence-electron chi connectivity index (χ2n) is 6.22. The molecule has 0 aliphatic rings. The van der Waals surface area contributed by atoms with Crippen LogP contribution in [0.1, 0.15) is 33.3 Å². The summed E-state index contributed by atoms with van der Waals surface area (Å²) in [5.74, 6) is -0.539. The first-order valence-corrected chi connectivity index (χ1v) is 9.34. The van der Waals surface area contributed by atoms with Crippen LogP contribution in [0.15, 0.2) is 30.5 Å². The molecular formula is C20H22N2O3S. The Morgan fingerprint density at radius 2 is 1.96 bits per heavy atom. The van der Waals surface area contributed by atoms with E-state index in [1.54, 1.807) is 6.92 Å². The molecule has 0 fully saturated rings. The Hall–Kier alpha value is -2.60. The van der Waals surface area contributed by atoms with Gasteiger partial charge >= 0.3 is 5.97 Å². The molecule has 0 radical (unpaired) electrons. The predicted molar refractivity (Wildman–Crippen MR) is 105 cm³/mol. The van der Waals surface area contributed by atoms with E-state index < -0.39 is 5.97 Å². The molecule has 6 heteroatoms. The fourth-order valence-corrected chi connectivity index (χ4v) is 4.14. The molecule has 1 N–H and O–H groups in total. The van der Waals surface area contributed by atoms with Crippen LogP contribution < -0.4 is 5.32 Å². The van der Waals surface area contributed by atoms with Crippen molar-refractivity contribution in [2.45, 2.75) is 27.2 Å². The summed E-state index contributed by atoms with van der Waals surface area (Å²) in [4.78, 5) is 25.9. The molecule has 2 heterocycles. The average molecular weight is 370 g/mol. The highest BCUT2D eigenvalue weighted by atomic mass is 32.1. The number of aromatic nitrogens is 1. The molecule has 0 saturated heterocycles. The van der Waals surface area contributed by atoms with E-state index in [1.807, 2.05) is 55.9 Å². The Morgan fingerprint density at radius 3 is 2.69 bits per heavy atom. The number of fused-ring (bicyclic) bond motifs is 1. The number of ether oxygens (including phenoxy) is 1. The fraction of sp³-hybridized carbons (Fsp3) is 0.300. The van der Waals surface area contributed by atoms with Gasteiger partial charge in [0.2, 0.25) is 5.91 Å². The molecule has 136 valence electrons. The maximum Gasteiger partial charge on any atom is 0.341 e. The Morgan fingerprint density at radius 1 is 1.23 bits per heavy atom. The molecule has 0 unspecified atom stereocenters. The van der Waals surface area contributed by atoms with Crippen molar-refractivity contribution >= 4 is 39.1 Å². The van der Waals surface area contributed by atoms with Crippen molar-refractivity contribution in [3.05, 3.63) is 52.0 Å². The van der Waals surface area contributed by atoms with Gasteiger partial charge in [0.15, 0.2) is 0 Å². The summed E-state index contributed by atoms with van der Waals surface area (Å²) in [5.41, 5.74) is 3.36. The summed E-state index contributed by atoms with van der Waals surface area (Å²) in [6.07, 6.45) is 2.22. The zero-order valence-corrected chi connectivity index (χ0v) is 16.2. The number of nitrogens with zero attached hydrogens (tertiary/aromatic N) is 1. The zero-order chi connectivity index (χ0) is 18.8. The number of para-hydroxylation sites is 1. The summed E-state index contributed by atoms with van der Waals surface area (Å²) >= 11 is 1.40. The third-order valence-corrected chi connectivity index (χ3v) is 5.57. The van der Waals surface area contributed by atoms with E-state index >= 15 is 0 Å². The van der Waals surface area contributed by atoms with Crippen LogP contribution in [0.3, 0.4) is 0 Å². The molecule has 3 aromatic rings. The van der Waals surface area contributed by atoms with E-state index in [-0.39, 0.29) is 12.3 Å². The molecule has 3 rings (SSSR count). The number of carbonyl (C=O) groups is 2. The van der Waals surface area contributed by atoms with Crippen molar-refractivity contribution in [3.8, 4) is 0 Å². The Labute approximate surface area is 156 Å². The number of thiophene rings is 1. The topological polar surface area (TPSA) is 60.3 Å². The van der Waals surface area contributed by atoms with E-state index in [2.05, 4.69) is 5.32 Å². The summed E-state index contributed by atoms with van der Waals surface area (Å²) in [5, 5.41) is 4.53. The van der Waals surface area contributed by atoms with Gasteiger partial charge in [-0.05, 0) is 38.0 Å². The van der Waals surface area contributed by atoms with Crippen molar-refractivity contribution in [1.29, 1.82) is 0 Å². The van der Waals surface area contributed by atoms with Gasteiger partial charge in [0.25, 0.3) is 0 Å². The van der Waals surface area contributed by atoms with E-state index in [1.165, 1.54) is 11.3 Å². The Kier molecular flexibility index (Phi) is 5.13. The monoisotopic (exact) mass is 370 g/mol. The van der Waals surface area contributed by atoms with Crippen molar-refractivity contribution in [1.82, 2.24) is 4.57 Å². The molecule has 0 aliphatic heterocycles. The van der Waals surface area contributed by atoms with Gasteiger partial charge in [-0.15, -0.1) is 11.3 Å². The number of aryl methyl sites for hydroxylation is 2. The predicted octanol–water partition coefficient (Wildman–Crippen LogP) is 4.21. The quantitative estimate of drug-likeness (QED) is 0.684. The van der Waals surface area contributed by atoms with Crippen LogP contribution in [-0.4, -0.2) is 23.1 Å². The molecule has 1 amide bonds. The number of esters is 1. The van der Waals surface area contributed by atoms with Gasteiger partial charge < -0.3 is 14.6 Å². The summed E-state index contributed by atoms with van der Waals surface area (Å²) in [6.45, 7) is 5.88. The maximum absolute atomic E-state index is 12.6. The van der Waals surface area contributed by atoms with E-state index in [4.69, 9.17) is 4.74 Å². The first-order chi connectivity index (χ1) is 12.4. The standard InChI is InChI=1S/C20H22N2O3S/c1-5-25-20(24)18-12(2)13(3)26-19(18)21-17(23)10-14-11-22(4)16-9-7-6-8-15(14)16/h6-9,11H,5,10H2,1-4H3,(H,21,23). The molecule has 2 aromatic heterocycles. The van der Waals surface area contributed by atoms with Gasteiger partial charge in [-0.25, -0.2) is 4.79 Å². The molecule has 0 atom stereocenters. The zero-order valence-electron chi connectivity index (χ0n) is 15.4. The van der Waals surface area contributed by atoms with Crippen molar-refractivity contribution in [2.24, 2.45) is 7.05 Å². The fourth-order valence-electron chi connectivity index (χ4n) is 3.07. The van der Waals surface area contributed by atoms with Crippen LogP contribution in [-0.2, 0) is 23.0 Å². The van der Waals surface area contributed by atoms with Crippen molar-refractivity contribution in [3.63, 3.8) is 0 Å². The number of benzene rings is 1. The van der Waals surface area contributed by atoms with E-state index in [0.717, 1.165) is 26.9 Å². The number of rotatable bonds is 5. The number of hydrogen-bond donors (Lipinski definition) is 1. The normalized spacial score (nSPS) is 10.9. The lowest BCUT2D eigenvalue weighted by Gasteiger charge is -2.07. The summed E-state index contributed by atoms with van der Waals surface area (Å²) in [6, 6.07) is 7.99. The molecule has 0 aliphatic carbocycles. The van der Waals surface area contributed by atoms with Crippen LogP contribution in [0.2, 0.25) is 0 Å². The largest absolute Gasteiger partial charge is 0.462 e. The van der Waals surface area contributed by atoms with Crippen LogP contribution in [0.5, 0.6) is 0 Å². The lowest BCUT2D eigenvalue weighted by atomic mass is 10.1. The second-order valence-corrected chi connectivity index (χ2v) is 7.44. The number of hydrogen-bond acceptors (Lipinski definition) is 4. The number of amides is 1. The van der Waals surface area contributed by atoms with Crippen LogP contribution in [0.25, 0.3) is 10.9 Å². The lowest BCUT2D eigenvalue weighted by molar-refractivity contribution is -0.115. The molecular weight excluding hydrogens is 348 g/mol. The highest BCUT2D eigenvalue weighted by Crippen LogP contribution is 2.33. The van der Waals surface area contributed by atoms with Crippen molar-refractivity contribution in [2.75, 3.05) is 11.9 Å². The van der Waals surface area contributed by atoms with Crippen LogP contribution in [0, 0.1) is 13.8 Å². The Balaban J connectivity index is 1.84. The van der Waals surface area contributed by atoms with Gasteiger partial charge in [0, 0.05) is 29.0 Å². The maximum atomic E-state index is 12.6. The van der Waals surface area contributed by atoms with E-state index in [9.17, 15) is 9.59 Å². The van der Waals surface area contributed by atoms with Gasteiger partial charge in [0.1, 0.15) is 5.00 Å². The second kappa shape index (κ2) is 7.33. The summed E-state index contributed by atoms with van der Waals surface area (Å²) < 4.78 is 7.15. The highest BCUT2D eigenvalue weighted by Gasteiger charge is 2.22. The molecule has 5 nitrogen and oxygen atoms in total. The lowest BCUT2D eigenvalue weighted by Crippen LogP contribution is -2.16. The highest BCUT2D eigenvalue weighted by molar-refractivity contribution is 7.16. The SMILES string of the molecule is CCOC(=O)c1c(NC(=O)Cc2cn(C)c3ccccc23)sc(C)c1C. The van der Waals surface area contributed by atoms with Gasteiger partial charge in [-0.3, -0.25) is 4.79 Å². The molecule has 0 bridgehead atoms. The van der Waals surface area contributed by atoms with Gasteiger partial charge in [-0.1, -0.05) is 18.2 Å². The first kappa shape index (κ1) is 18.2. The number of anilines is 1. The average Bonchev–Trinajstić information content (AvgIpc) is 3.05. The minimum Gasteiger partial charge on any atom is -0.462 e. The Bertz CT molecular complexity index is 985. The third-order valence-electron chi connectivity index (χ3n) is 4.45. The molecule has 26 heavy (non-hydrogen) atoms. The third kappa shape index (κ3) is 3.37.